The number of carbonyl (C=O) groups excluding carboxylic acids is 1. The van der Waals surface area contributed by atoms with Gasteiger partial charge in [-0.3, -0.25) is 4.79 Å². The summed E-state index contributed by atoms with van der Waals surface area (Å²) >= 11 is 0. The SMILES string of the molecule is CCC1=C2CCCC[C@@H]2[C@@H](CC)C1=O. The van der Waals surface area contributed by atoms with E-state index in [1.165, 1.54) is 36.8 Å². The average Bonchev–Trinajstić information content (AvgIpc) is 2.49. The van der Waals surface area contributed by atoms with Crippen molar-refractivity contribution in [2.75, 3.05) is 0 Å². The van der Waals surface area contributed by atoms with E-state index < -0.39 is 0 Å². The fourth-order valence-electron chi connectivity index (χ4n) is 3.29. The molecule has 1 nitrogen and oxygen atoms in total. The van der Waals surface area contributed by atoms with E-state index in [4.69, 9.17) is 0 Å². The van der Waals surface area contributed by atoms with Crippen molar-refractivity contribution in [2.45, 2.75) is 52.4 Å². The predicted molar refractivity (Wildman–Crippen MR) is 58.1 cm³/mol. The molecule has 0 radical (unpaired) electrons. The summed E-state index contributed by atoms with van der Waals surface area (Å²) in [7, 11) is 0. The first-order valence-electron chi connectivity index (χ1n) is 6.05. The molecule has 0 saturated heterocycles. The van der Waals surface area contributed by atoms with Crippen LogP contribution in [0.3, 0.4) is 0 Å². The summed E-state index contributed by atoms with van der Waals surface area (Å²) in [4.78, 5) is 12.1. The van der Waals surface area contributed by atoms with Gasteiger partial charge in [0.15, 0.2) is 5.78 Å². The summed E-state index contributed by atoms with van der Waals surface area (Å²) in [5, 5.41) is 0. The Morgan fingerprint density at radius 1 is 1.29 bits per heavy atom. The molecule has 2 rings (SSSR count). The lowest BCUT2D eigenvalue weighted by atomic mass is 9.79. The molecule has 0 aromatic rings. The van der Waals surface area contributed by atoms with E-state index in [-0.39, 0.29) is 0 Å². The van der Waals surface area contributed by atoms with Gasteiger partial charge in [0.05, 0.1) is 0 Å². The van der Waals surface area contributed by atoms with Crippen molar-refractivity contribution in [3.05, 3.63) is 11.1 Å². The van der Waals surface area contributed by atoms with Crippen molar-refractivity contribution >= 4 is 5.78 Å². The monoisotopic (exact) mass is 192 g/mol. The van der Waals surface area contributed by atoms with E-state index >= 15 is 0 Å². The second-order valence-electron chi connectivity index (χ2n) is 4.59. The summed E-state index contributed by atoms with van der Waals surface area (Å²) in [6, 6.07) is 0. The molecule has 2 aliphatic rings. The zero-order valence-electron chi connectivity index (χ0n) is 9.31. The minimum absolute atomic E-state index is 0.347. The lowest BCUT2D eigenvalue weighted by molar-refractivity contribution is -0.119. The van der Waals surface area contributed by atoms with Crippen LogP contribution in [0.4, 0.5) is 0 Å². The van der Waals surface area contributed by atoms with Gasteiger partial charge in [-0.2, -0.15) is 0 Å². The van der Waals surface area contributed by atoms with Gasteiger partial charge in [0.25, 0.3) is 0 Å². The van der Waals surface area contributed by atoms with Crippen molar-refractivity contribution in [3.8, 4) is 0 Å². The first kappa shape index (κ1) is 9.95. The lowest BCUT2D eigenvalue weighted by Gasteiger charge is -2.25. The number of carbonyl (C=O) groups is 1. The van der Waals surface area contributed by atoms with Crippen LogP contribution in [0.15, 0.2) is 11.1 Å². The maximum atomic E-state index is 12.1. The first-order valence-corrected chi connectivity index (χ1v) is 6.05. The van der Waals surface area contributed by atoms with Gasteiger partial charge >= 0.3 is 0 Å². The summed E-state index contributed by atoms with van der Waals surface area (Å²) in [6.07, 6.45) is 7.10. The molecular formula is C13H20O. The van der Waals surface area contributed by atoms with Gasteiger partial charge in [0.1, 0.15) is 0 Å². The second-order valence-corrected chi connectivity index (χ2v) is 4.59. The summed E-state index contributed by atoms with van der Waals surface area (Å²) in [5.74, 6) is 1.47. The molecule has 78 valence electrons. The molecule has 0 spiro atoms. The lowest BCUT2D eigenvalue weighted by Crippen LogP contribution is -2.19. The zero-order valence-corrected chi connectivity index (χ0v) is 9.31. The normalized spacial score (nSPS) is 32.3. The van der Waals surface area contributed by atoms with Gasteiger partial charge in [0, 0.05) is 5.92 Å². The smallest absolute Gasteiger partial charge is 0.162 e. The van der Waals surface area contributed by atoms with E-state index in [1.807, 2.05) is 0 Å². The van der Waals surface area contributed by atoms with Crippen molar-refractivity contribution in [2.24, 2.45) is 11.8 Å². The molecule has 1 fully saturated rings. The zero-order chi connectivity index (χ0) is 10.1. The molecule has 0 unspecified atom stereocenters. The Labute approximate surface area is 86.6 Å². The van der Waals surface area contributed by atoms with Crippen LogP contribution in [0.25, 0.3) is 0 Å². The third-order valence-corrected chi connectivity index (χ3v) is 3.96. The Morgan fingerprint density at radius 2 is 2.07 bits per heavy atom. The van der Waals surface area contributed by atoms with Crippen molar-refractivity contribution in [1.82, 2.24) is 0 Å². The molecule has 0 amide bonds. The topological polar surface area (TPSA) is 17.1 Å². The Bertz CT molecular complexity index is 275. The van der Waals surface area contributed by atoms with E-state index in [0.717, 1.165) is 12.8 Å². The molecule has 0 N–H and O–H groups in total. The van der Waals surface area contributed by atoms with Crippen LogP contribution in [0.1, 0.15) is 52.4 Å². The minimum atomic E-state index is 0.347. The molecule has 2 atom stereocenters. The fourth-order valence-corrected chi connectivity index (χ4v) is 3.29. The average molecular weight is 192 g/mol. The molecule has 0 aromatic heterocycles. The quantitative estimate of drug-likeness (QED) is 0.654. The highest BCUT2D eigenvalue weighted by Crippen LogP contribution is 2.45. The number of rotatable bonds is 2. The number of Topliss-reactive ketones (excluding diaryl/α,β-unsaturated/α-hetero) is 1. The molecule has 2 aliphatic carbocycles. The van der Waals surface area contributed by atoms with E-state index in [1.54, 1.807) is 0 Å². The Balaban J connectivity index is 2.31. The molecule has 0 bridgehead atoms. The van der Waals surface area contributed by atoms with Crippen molar-refractivity contribution < 1.29 is 4.79 Å². The van der Waals surface area contributed by atoms with Gasteiger partial charge < -0.3 is 0 Å². The van der Waals surface area contributed by atoms with Gasteiger partial charge in [-0.15, -0.1) is 0 Å². The number of allylic oxidation sites excluding steroid dienone is 2. The highest BCUT2D eigenvalue weighted by Gasteiger charge is 2.40. The fraction of sp³-hybridized carbons (Fsp3) is 0.769. The Morgan fingerprint density at radius 3 is 2.71 bits per heavy atom. The first-order chi connectivity index (χ1) is 6.79. The van der Waals surface area contributed by atoms with Crippen LogP contribution in [0, 0.1) is 11.8 Å². The van der Waals surface area contributed by atoms with E-state index in [9.17, 15) is 4.79 Å². The largest absolute Gasteiger partial charge is 0.294 e. The third-order valence-electron chi connectivity index (χ3n) is 3.96. The maximum Gasteiger partial charge on any atom is 0.162 e. The molecule has 1 heteroatoms. The minimum Gasteiger partial charge on any atom is -0.294 e. The van der Waals surface area contributed by atoms with Crippen molar-refractivity contribution in [3.63, 3.8) is 0 Å². The molecule has 0 aliphatic heterocycles. The predicted octanol–water partition coefficient (Wildman–Crippen LogP) is 3.49. The number of hydrogen-bond acceptors (Lipinski definition) is 1. The molecule has 14 heavy (non-hydrogen) atoms. The Kier molecular flexibility index (Phi) is 2.76. The van der Waals surface area contributed by atoms with Crippen LogP contribution in [-0.4, -0.2) is 5.78 Å². The summed E-state index contributed by atoms with van der Waals surface area (Å²) < 4.78 is 0. The number of fused-ring (bicyclic) bond motifs is 1. The van der Waals surface area contributed by atoms with Gasteiger partial charge in [-0.1, -0.05) is 25.8 Å². The highest BCUT2D eigenvalue weighted by molar-refractivity contribution is 6.01. The van der Waals surface area contributed by atoms with Crippen LogP contribution in [0.2, 0.25) is 0 Å². The summed E-state index contributed by atoms with van der Waals surface area (Å²) in [5.41, 5.74) is 2.73. The van der Waals surface area contributed by atoms with Crippen LogP contribution in [0.5, 0.6) is 0 Å². The second kappa shape index (κ2) is 3.88. The number of hydrogen-bond donors (Lipinski definition) is 0. The molecule has 0 heterocycles. The van der Waals surface area contributed by atoms with Crippen LogP contribution < -0.4 is 0 Å². The summed E-state index contributed by atoms with van der Waals surface area (Å²) in [6.45, 7) is 4.29. The Hall–Kier alpha value is -0.590. The third kappa shape index (κ3) is 1.34. The van der Waals surface area contributed by atoms with E-state index in [2.05, 4.69) is 13.8 Å². The molecule has 0 aromatic carbocycles. The standard InChI is InChI=1S/C13H20O/c1-3-9-11-7-5-6-8-12(11)10(4-2)13(9)14/h9,11H,3-8H2,1-2H3/t9-,11-/m1/s1. The molecular weight excluding hydrogens is 172 g/mol. The van der Waals surface area contributed by atoms with Gasteiger partial charge in [0.2, 0.25) is 0 Å². The van der Waals surface area contributed by atoms with Crippen LogP contribution >= 0.6 is 0 Å². The van der Waals surface area contributed by atoms with Crippen molar-refractivity contribution in [1.29, 1.82) is 0 Å². The van der Waals surface area contributed by atoms with Gasteiger partial charge in [-0.05, 0) is 43.6 Å². The number of ketones is 1. The van der Waals surface area contributed by atoms with E-state index in [0.29, 0.717) is 17.6 Å². The maximum absolute atomic E-state index is 12.1. The van der Waals surface area contributed by atoms with Crippen LogP contribution in [-0.2, 0) is 4.79 Å². The van der Waals surface area contributed by atoms with Gasteiger partial charge in [-0.25, -0.2) is 0 Å². The highest BCUT2D eigenvalue weighted by atomic mass is 16.1. The molecule has 1 saturated carbocycles.